The third-order valence-electron chi connectivity index (χ3n) is 1.56. The molecule has 5 heteroatoms. The van der Waals surface area contributed by atoms with E-state index in [2.05, 4.69) is 4.98 Å². The second-order valence-electron chi connectivity index (χ2n) is 2.84. The van der Waals surface area contributed by atoms with Gasteiger partial charge in [-0.15, -0.1) is 11.8 Å². The Kier molecular flexibility index (Phi) is 4.72. The Balaban J connectivity index is 2.34. The van der Waals surface area contributed by atoms with Gasteiger partial charge in [-0.25, -0.2) is 4.98 Å². The predicted octanol–water partition coefficient (Wildman–Crippen LogP) is 0.763. The molecule has 1 aromatic rings. The molecule has 0 radical (unpaired) electrons. The number of aromatic nitrogens is 1. The molecular weight excluding hydrogens is 200 g/mol. The highest BCUT2D eigenvalue weighted by Gasteiger charge is 2.04. The summed E-state index contributed by atoms with van der Waals surface area (Å²) < 4.78 is 4.81. The predicted molar refractivity (Wildman–Crippen MR) is 57.3 cm³/mol. The van der Waals surface area contributed by atoms with Gasteiger partial charge in [-0.2, -0.15) is 0 Å². The van der Waals surface area contributed by atoms with Crippen LogP contribution in [0, 0.1) is 0 Å². The standard InChI is InChI=1S/C9H14N2O2S/c1-13-5-7(12)6-14-8-2-3-9(10)11-4-8/h2-4,7,12H,5-6H2,1H3,(H2,10,11). The number of aliphatic hydroxyl groups is 1. The van der Waals surface area contributed by atoms with Crippen LogP contribution in [0.2, 0.25) is 0 Å². The zero-order valence-corrected chi connectivity index (χ0v) is 8.83. The number of methoxy groups -OCH3 is 1. The SMILES string of the molecule is COCC(O)CSc1ccc(N)nc1. The Hall–Kier alpha value is -0.780. The lowest BCUT2D eigenvalue weighted by molar-refractivity contribution is 0.0794. The molecule has 0 amide bonds. The monoisotopic (exact) mass is 214 g/mol. The van der Waals surface area contributed by atoms with E-state index in [9.17, 15) is 5.11 Å². The van der Waals surface area contributed by atoms with Crippen LogP contribution in [0.1, 0.15) is 0 Å². The number of hydrogen-bond acceptors (Lipinski definition) is 5. The van der Waals surface area contributed by atoms with Crippen LogP contribution >= 0.6 is 11.8 Å². The van der Waals surface area contributed by atoms with Crippen molar-refractivity contribution in [1.29, 1.82) is 0 Å². The fourth-order valence-corrected chi connectivity index (χ4v) is 1.68. The number of pyridine rings is 1. The molecule has 0 aliphatic heterocycles. The third kappa shape index (κ3) is 3.95. The van der Waals surface area contributed by atoms with Gasteiger partial charge in [-0.05, 0) is 12.1 Å². The first kappa shape index (κ1) is 11.3. The maximum atomic E-state index is 9.37. The van der Waals surface area contributed by atoms with Crippen LogP contribution in [0.4, 0.5) is 5.82 Å². The first-order chi connectivity index (χ1) is 6.72. The highest BCUT2D eigenvalue weighted by atomic mass is 32.2. The summed E-state index contributed by atoms with van der Waals surface area (Å²) in [6.07, 6.45) is 1.25. The molecular formula is C9H14N2O2S. The minimum Gasteiger partial charge on any atom is -0.390 e. The Morgan fingerprint density at radius 3 is 3.00 bits per heavy atom. The molecule has 4 nitrogen and oxygen atoms in total. The Morgan fingerprint density at radius 2 is 2.43 bits per heavy atom. The lowest BCUT2D eigenvalue weighted by atomic mass is 10.4. The van der Waals surface area contributed by atoms with Crippen LogP contribution in [0.3, 0.4) is 0 Å². The Labute approximate surface area is 87.5 Å². The summed E-state index contributed by atoms with van der Waals surface area (Å²) in [6.45, 7) is 0.357. The molecule has 3 N–H and O–H groups in total. The van der Waals surface area contributed by atoms with Gasteiger partial charge in [0.2, 0.25) is 0 Å². The van der Waals surface area contributed by atoms with E-state index in [0.717, 1.165) is 4.90 Å². The average molecular weight is 214 g/mol. The number of hydrogen-bond donors (Lipinski definition) is 2. The molecule has 0 spiro atoms. The minimum absolute atomic E-state index is 0.357. The van der Waals surface area contributed by atoms with Crippen LogP contribution in [0.25, 0.3) is 0 Å². The van der Waals surface area contributed by atoms with E-state index in [1.165, 1.54) is 11.8 Å². The van der Waals surface area contributed by atoms with Gasteiger partial charge < -0.3 is 15.6 Å². The van der Waals surface area contributed by atoms with E-state index < -0.39 is 6.10 Å². The van der Waals surface area contributed by atoms with E-state index in [4.69, 9.17) is 10.5 Å². The quantitative estimate of drug-likeness (QED) is 0.708. The molecule has 1 heterocycles. The van der Waals surface area contributed by atoms with E-state index in [0.29, 0.717) is 18.2 Å². The molecule has 0 aromatic carbocycles. The largest absolute Gasteiger partial charge is 0.390 e. The topological polar surface area (TPSA) is 68.4 Å². The van der Waals surface area contributed by atoms with Crippen molar-refractivity contribution in [3.05, 3.63) is 18.3 Å². The smallest absolute Gasteiger partial charge is 0.123 e. The van der Waals surface area contributed by atoms with Crippen LogP contribution in [0.5, 0.6) is 0 Å². The van der Waals surface area contributed by atoms with Crippen molar-refractivity contribution in [2.75, 3.05) is 25.2 Å². The van der Waals surface area contributed by atoms with Crippen molar-refractivity contribution < 1.29 is 9.84 Å². The Morgan fingerprint density at radius 1 is 1.64 bits per heavy atom. The number of ether oxygens (including phenoxy) is 1. The molecule has 0 aliphatic carbocycles. The molecule has 1 aromatic heterocycles. The summed E-state index contributed by atoms with van der Waals surface area (Å²) in [5.41, 5.74) is 5.44. The zero-order valence-electron chi connectivity index (χ0n) is 8.01. The number of aliphatic hydroxyl groups excluding tert-OH is 1. The van der Waals surface area contributed by atoms with Crippen molar-refractivity contribution >= 4 is 17.6 Å². The molecule has 1 atom stereocenters. The maximum absolute atomic E-state index is 9.37. The van der Waals surface area contributed by atoms with Crippen LogP contribution in [-0.4, -0.2) is 35.7 Å². The van der Waals surface area contributed by atoms with Crippen LogP contribution in [0.15, 0.2) is 23.2 Å². The number of rotatable bonds is 5. The normalized spacial score (nSPS) is 12.7. The molecule has 78 valence electrons. The zero-order chi connectivity index (χ0) is 10.4. The van der Waals surface area contributed by atoms with Crippen molar-refractivity contribution in [1.82, 2.24) is 4.98 Å². The van der Waals surface area contributed by atoms with Gasteiger partial charge in [0.15, 0.2) is 0 Å². The lowest BCUT2D eigenvalue weighted by Gasteiger charge is -2.08. The highest BCUT2D eigenvalue weighted by Crippen LogP contribution is 2.18. The molecule has 0 saturated heterocycles. The van der Waals surface area contributed by atoms with Gasteiger partial charge in [-0.1, -0.05) is 0 Å². The van der Waals surface area contributed by atoms with E-state index >= 15 is 0 Å². The average Bonchev–Trinajstić information content (AvgIpc) is 2.17. The van der Waals surface area contributed by atoms with Gasteiger partial charge in [0.25, 0.3) is 0 Å². The highest BCUT2D eigenvalue weighted by molar-refractivity contribution is 7.99. The van der Waals surface area contributed by atoms with E-state index in [1.807, 2.05) is 6.07 Å². The molecule has 1 unspecified atom stereocenters. The number of nitrogen functional groups attached to an aromatic ring is 1. The van der Waals surface area contributed by atoms with Gasteiger partial charge in [0, 0.05) is 24.0 Å². The number of thioether (sulfide) groups is 1. The Bertz CT molecular complexity index is 266. The minimum atomic E-state index is -0.442. The molecule has 1 rings (SSSR count). The summed E-state index contributed by atoms with van der Waals surface area (Å²) >= 11 is 1.53. The van der Waals surface area contributed by atoms with Crippen molar-refractivity contribution in [2.24, 2.45) is 0 Å². The summed E-state index contributed by atoms with van der Waals surface area (Å²) in [7, 11) is 1.57. The first-order valence-corrected chi connectivity index (χ1v) is 5.22. The van der Waals surface area contributed by atoms with Crippen LogP contribution in [-0.2, 0) is 4.74 Å². The first-order valence-electron chi connectivity index (χ1n) is 4.23. The fourth-order valence-electron chi connectivity index (χ4n) is 0.910. The summed E-state index contributed by atoms with van der Waals surface area (Å²) in [4.78, 5) is 4.94. The van der Waals surface area contributed by atoms with Gasteiger partial charge in [0.1, 0.15) is 5.82 Å². The molecule has 14 heavy (non-hydrogen) atoms. The summed E-state index contributed by atoms with van der Waals surface area (Å²) in [5.74, 6) is 1.10. The van der Waals surface area contributed by atoms with Gasteiger partial charge >= 0.3 is 0 Å². The van der Waals surface area contributed by atoms with Crippen molar-refractivity contribution in [3.8, 4) is 0 Å². The van der Waals surface area contributed by atoms with Gasteiger partial charge in [-0.3, -0.25) is 0 Å². The number of nitrogens with zero attached hydrogens (tertiary/aromatic N) is 1. The summed E-state index contributed by atoms with van der Waals surface area (Å²) in [5, 5.41) is 9.37. The lowest BCUT2D eigenvalue weighted by Crippen LogP contribution is -2.16. The third-order valence-corrected chi connectivity index (χ3v) is 2.69. The second kappa shape index (κ2) is 5.85. The number of nitrogens with two attached hydrogens (primary N) is 1. The van der Waals surface area contributed by atoms with Crippen LogP contribution < -0.4 is 5.73 Å². The summed E-state index contributed by atoms with van der Waals surface area (Å²) in [6, 6.07) is 3.62. The fraction of sp³-hybridized carbons (Fsp3) is 0.444. The van der Waals surface area contributed by atoms with Crippen molar-refractivity contribution in [3.63, 3.8) is 0 Å². The number of anilines is 1. The van der Waals surface area contributed by atoms with Gasteiger partial charge in [0.05, 0.1) is 12.7 Å². The maximum Gasteiger partial charge on any atom is 0.123 e. The van der Waals surface area contributed by atoms with E-state index in [1.54, 1.807) is 19.4 Å². The molecule has 0 fully saturated rings. The molecule has 0 bridgehead atoms. The van der Waals surface area contributed by atoms with E-state index in [-0.39, 0.29) is 0 Å². The molecule has 0 saturated carbocycles. The molecule has 0 aliphatic rings. The van der Waals surface area contributed by atoms with Crippen molar-refractivity contribution in [2.45, 2.75) is 11.0 Å². The second-order valence-corrected chi connectivity index (χ2v) is 3.93.